The molecule has 116 valence electrons. The average Bonchev–Trinajstić information content (AvgIpc) is 2.53. The molecule has 0 radical (unpaired) electrons. The van der Waals surface area contributed by atoms with Crippen LogP contribution >= 0.6 is 18.7 Å². The van der Waals surface area contributed by atoms with Gasteiger partial charge in [-0.25, -0.2) is 0 Å². The van der Waals surface area contributed by atoms with Crippen molar-refractivity contribution < 1.29 is 9.36 Å². The van der Waals surface area contributed by atoms with Gasteiger partial charge in [0, 0.05) is 16.5 Å². The number of aryl methyl sites for hydroxylation is 1. The summed E-state index contributed by atoms with van der Waals surface area (Å²) in [5, 5.41) is 0.970. The molecule has 4 heteroatoms. The molecule has 2 unspecified atom stereocenters. The monoisotopic (exact) mass is 334 g/mol. The molecule has 2 atom stereocenters. The fourth-order valence-electron chi connectivity index (χ4n) is 2.55. The maximum absolute atomic E-state index is 13.7. The van der Waals surface area contributed by atoms with Crippen LogP contribution in [0.2, 0.25) is 5.02 Å². The van der Waals surface area contributed by atoms with Crippen LogP contribution in [0.15, 0.2) is 48.5 Å². The highest BCUT2D eigenvalue weighted by atomic mass is 35.5. The topological polar surface area (TPSA) is 34.1 Å². The number of rotatable bonds is 5. The molecule has 0 heterocycles. The van der Waals surface area contributed by atoms with E-state index in [1.54, 1.807) is 24.3 Å². The van der Waals surface area contributed by atoms with Crippen LogP contribution in [0.1, 0.15) is 36.2 Å². The Balaban J connectivity index is 2.66. The molecule has 0 fully saturated rings. The lowest BCUT2D eigenvalue weighted by Gasteiger charge is -2.24. The highest BCUT2D eigenvalue weighted by molar-refractivity contribution is 7.88. The minimum absolute atomic E-state index is 0.224. The van der Waals surface area contributed by atoms with Crippen molar-refractivity contribution in [3.05, 3.63) is 64.7 Å². The molecule has 0 aliphatic heterocycles. The van der Waals surface area contributed by atoms with E-state index < -0.39 is 7.14 Å². The van der Waals surface area contributed by atoms with Crippen molar-refractivity contribution in [1.82, 2.24) is 0 Å². The van der Waals surface area contributed by atoms with E-state index in [-0.39, 0.29) is 11.2 Å². The number of hydrogen-bond donors (Lipinski definition) is 0. The molecule has 0 spiro atoms. The minimum atomic E-state index is -3.25. The van der Waals surface area contributed by atoms with Gasteiger partial charge in [0.15, 0.2) is 7.14 Å². The average molecular weight is 335 g/mol. The van der Waals surface area contributed by atoms with Gasteiger partial charge in [-0.3, -0.25) is 4.79 Å². The summed E-state index contributed by atoms with van der Waals surface area (Å²) in [6.45, 7) is 5.65. The number of benzene rings is 2. The first kappa shape index (κ1) is 17.0. The van der Waals surface area contributed by atoms with Gasteiger partial charge in [-0.15, -0.1) is 0 Å². The summed E-state index contributed by atoms with van der Waals surface area (Å²) in [6, 6.07) is 14.3. The van der Waals surface area contributed by atoms with Crippen molar-refractivity contribution in [2.45, 2.75) is 32.9 Å². The molecule has 22 heavy (non-hydrogen) atoms. The van der Waals surface area contributed by atoms with Crippen molar-refractivity contribution >= 4 is 29.6 Å². The third-order valence-corrected chi connectivity index (χ3v) is 7.90. The SMILES string of the molecule is CCC(C)P(=O)(C(=O)c1c(C)cccc1Cl)c1ccccc1. The van der Waals surface area contributed by atoms with Crippen molar-refractivity contribution in [2.75, 3.05) is 0 Å². The summed E-state index contributed by atoms with van der Waals surface area (Å²) in [5.41, 5.74) is 0.586. The second-order valence-corrected chi connectivity index (χ2v) is 9.01. The number of halogens is 1. The lowest BCUT2D eigenvalue weighted by atomic mass is 10.1. The normalized spacial score (nSPS) is 15.1. The number of carbonyl (C=O) groups is 1. The zero-order chi connectivity index (χ0) is 16.3. The Hall–Kier alpha value is -1.37. The highest BCUT2D eigenvalue weighted by Crippen LogP contribution is 2.54. The summed E-state index contributed by atoms with van der Waals surface area (Å²) in [7, 11) is -3.25. The van der Waals surface area contributed by atoms with E-state index in [1.165, 1.54) is 0 Å². The van der Waals surface area contributed by atoms with Crippen LogP contribution in [-0.4, -0.2) is 11.2 Å². The summed E-state index contributed by atoms with van der Waals surface area (Å²) >= 11 is 6.22. The van der Waals surface area contributed by atoms with Crippen LogP contribution in [0.5, 0.6) is 0 Å². The van der Waals surface area contributed by atoms with Gasteiger partial charge in [0.05, 0.1) is 5.02 Å². The molecule has 2 rings (SSSR count). The first-order chi connectivity index (χ1) is 10.4. The summed E-state index contributed by atoms with van der Waals surface area (Å²) in [4.78, 5) is 13.2. The predicted molar refractivity (Wildman–Crippen MR) is 94.0 cm³/mol. The highest BCUT2D eigenvalue weighted by Gasteiger charge is 2.40. The fourth-order valence-corrected chi connectivity index (χ4v) is 5.82. The van der Waals surface area contributed by atoms with E-state index in [4.69, 9.17) is 11.6 Å². The Morgan fingerprint density at radius 1 is 1.14 bits per heavy atom. The Morgan fingerprint density at radius 2 is 1.77 bits per heavy atom. The molecule has 0 aromatic heterocycles. The van der Waals surface area contributed by atoms with Crippen molar-refractivity contribution in [1.29, 1.82) is 0 Å². The van der Waals surface area contributed by atoms with Gasteiger partial charge in [0.2, 0.25) is 5.52 Å². The van der Waals surface area contributed by atoms with Crippen LogP contribution in [0.3, 0.4) is 0 Å². The van der Waals surface area contributed by atoms with E-state index in [0.29, 0.717) is 22.3 Å². The molecular formula is C18H20ClO2P. The van der Waals surface area contributed by atoms with E-state index in [2.05, 4.69) is 0 Å². The third-order valence-electron chi connectivity index (χ3n) is 4.09. The Kier molecular flexibility index (Phi) is 5.26. The van der Waals surface area contributed by atoms with Crippen LogP contribution in [0.4, 0.5) is 0 Å². The largest absolute Gasteiger partial charge is 0.310 e. The number of hydrogen-bond acceptors (Lipinski definition) is 2. The molecule has 0 N–H and O–H groups in total. The molecule has 2 aromatic rings. The molecule has 2 nitrogen and oxygen atoms in total. The molecule has 2 aromatic carbocycles. The molecule has 0 bridgehead atoms. The third kappa shape index (κ3) is 2.91. The lowest BCUT2D eigenvalue weighted by Crippen LogP contribution is -2.22. The van der Waals surface area contributed by atoms with E-state index in [0.717, 1.165) is 5.56 Å². The smallest absolute Gasteiger partial charge is 0.227 e. The van der Waals surface area contributed by atoms with Gasteiger partial charge in [0.1, 0.15) is 0 Å². The summed E-state index contributed by atoms with van der Waals surface area (Å²) in [6.07, 6.45) is 0.668. The summed E-state index contributed by atoms with van der Waals surface area (Å²) < 4.78 is 13.7. The van der Waals surface area contributed by atoms with Crippen LogP contribution in [-0.2, 0) is 4.57 Å². The first-order valence-electron chi connectivity index (χ1n) is 7.38. The van der Waals surface area contributed by atoms with E-state index in [1.807, 2.05) is 45.0 Å². The lowest BCUT2D eigenvalue weighted by molar-refractivity contribution is 0.107. The van der Waals surface area contributed by atoms with E-state index in [9.17, 15) is 9.36 Å². The minimum Gasteiger partial charge on any atom is -0.310 e. The Morgan fingerprint density at radius 3 is 2.32 bits per heavy atom. The van der Waals surface area contributed by atoms with Gasteiger partial charge < -0.3 is 4.57 Å². The predicted octanol–water partition coefficient (Wildman–Crippen LogP) is 5.28. The molecule has 0 aliphatic rings. The van der Waals surface area contributed by atoms with Crippen molar-refractivity contribution in [3.63, 3.8) is 0 Å². The Bertz CT molecular complexity index is 705. The molecule has 0 saturated carbocycles. The Labute approximate surface area is 136 Å². The molecule has 0 saturated heterocycles. The standard InChI is InChI=1S/C18H20ClO2P/c1-4-14(3)22(21,15-10-6-5-7-11-15)18(20)17-13(2)9-8-12-16(17)19/h5-12,14H,4H2,1-3H3. The molecular weight excluding hydrogens is 315 g/mol. The van der Waals surface area contributed by atoms with Crippen molar-refractivity contribution in [2.24, 2.45) is 0 Å². The van der Waals surface area contributed by atoms with E-state index >= 15 is 0 Å². The number of carbonyl (C=O) groups excluding carboxylic acids is 1. The zero-order valence-corrected chi connectivity index (χ0v) is 14.7. The summed E-state index contributed by atoms with van der Waals surface area (Å²) in [5.74, 6) is 0. The zero-order valence-electron chi connectivity index (χ0n) is 13.0. The van der Waals surface area contributed by atoms with Crippen molar-refractivity contribution in [3.8, 4) is 0 Å². The van der Waals surface area contributed by atoms with Crippen LogP contribution < -0.4 is 5.30 Å². The molecule has 0 amide bonds. The second kappa shape index (κ2) is 6.81. The molecule has 0 aliphatic carbocycles. The van der Waals surface area contributed by atoms with Gasteiger partial charge in [0.25, 0.3) is 0 Å². The van der Waals surface area contributed by atoms with Gasteiger partial charge in [-0.2, -0.15) is 0 Å². The van der Waals surface area contributed by atoms with Gasteiger partial charge in [-0.1, -0.05) is 67.9 Å². The second-order valence-electron chi connectivity index (χ2n) is 5.49. The van der Waals surface area contributed by atoms with Crippen LogP contribution in [0, 0.1) is 6.92 Å². The quantitative estimate of drug-likeness (QED) is 0.697. The van der Waals surface area contributed by atoms with Gasteiger partial charge >= 0.3 is 0 Å². The fraction of sp³-hybridized carbons (Fsp3) is 0.278. The van der Waals surface area contributed by atoms with Crippen LogP contribution in [0.25, 0.3) is 0 Å². The first-order valence-corrected chi connectivity index (χ1v) is 9.53. The van der Waals surface area contributed by atoms with Gasteiger partial charge in [-0.05, 0) is 25.0 Å². The maximum Gasteiger partial charge on any atom is 0.227 e. The maximum atomic E-state index is 13.7.